The number of nitro groups is 2. The molecule has 0 unspecified atom stereocenters. The fourth-order valence-corrected chi connectivity index (χ4v) is 1.97. The summed E-state index contributed by atoms with van der Waals surface area (Å²) in [6.45, 7) is 7.08. The Balaban J connectivity index is 2.27. The first-order chi connectivity index (χ1) is 12.0. The van der Waals surface area contributed by atoms with Crippen LogP contribution in [0, 0.1) is 20.2 Å². The number of nitrogens with zero attached hydrogens (tertiary/aromatic N) is 2. The van der Waals surface area contributed by atoms with E-state index in [4.69, 9.17) is 4.74 Å². The van der Waals surface area contributed by atoms with Crippen molar-refractivity contribution in [1.82, 2.24) is 0 Å². The van der Waals surface area contributed by atoms with E-state index in [2.05, 4.69) is 24.6 Å². The summed E-state index contributed by atoms with van der Waals surface area (Å²) in [5.41, 5.74) is 6.16. The fourth-order valence-electron chi connectivity index (χ4n) is 1.97. The van der Waals surface area contributed by atoms with Crippen LogP contribution in [0.2, 0.25) is 0 Å². The summed E-state index contributed by atoms with van der Waals surface area (Å²) < 4.78 is 5.67. The molecule has 0 aliphatic heterocycles. The summed E-state index contributed by atoms with van der Waals surface area (Å²) in [6, 6.07) is 11.3. The zero-order chi connectivity index (χ0) is 18.4. The Labute approximate surface area is 142 Å². The third-order valence-electron chi connectivity index (χ3n) is 3.21. The maximum absolute atomic E-state index is 10.7. The monoisotopic (exact) mass is 336 g/mol. The summed E-state index contributed by atoms with van der Waals surface area (Å²) in [7, 11) is 0. The van der Waals surface area contributed by atoms with Gasteiger partial charge in [-0.25, -0.2) is 0 Å². The largest absolute Gasteiger partial charge is 0.440 e. The Morgan fingerprint density at radius 1 is 0.760 bits per heavy atom. The molecule has 0 saturated carbocycles. The maximum Gasteiger partial charge on any atom is 0.269 e. The molecule has 0 fully saturated rings. The molecule has 0 saturated heterocycles. The summed E-state index contributed by atoms with van der Waals surface area (Å²) >= 11 is 0. The highest BCUT2D eigenvalue weighted by atomic mass is 16.6. The minimum atomic E-state index is -0.506. The van der Waals surface area contributed by atoms with Gasteiger partial charge in [0.15, 0.2) is 11.5 Å². The van der Waals surface area contributed by atoms with E-state index in [-0.39, 0.29) is 22.9 Å². The van der Waals surface area contributed by atoms with Crippen molar-refractivity contribution >= 4 is 22.9 Å². The molecule has 0 atom stereocenters. The first kappa shape index (κ1) is 17.4. The number of non-ortho nitro benzene ring substituents is 2. The maximum atomic E-state index is 10.7. The molecule has 0 N–H and O–H groups in total. The minimum absolute atomic E-state index is 0.0537. The van der Waals surface area contributed by atoms with Gasteiger partial charge >= 0.3 is 0 Å². The molecule has 25 heavy (non-hydrogen) atoms. The van der Waals surface area contributed by atoms with Gasteiger partial charge in [0.05, 0.1) is 9.85 Å². The molecule has 0 aliphatic carbocycles. The first-order valence-corrected chi connectivity index (χ1v) is 6.94. The van der Waals surface area contributed by atoms with E-state index in [1.165, 1.54) is 48.5 Å². The molecule has 2 rings (SSSR count). The Kier molecular flexibility index (Phi) is 5.28. The van der Waals surface area contributed by atoms with Crippen molar-refractivity contribution in [2.45, 2.75) is 0 Å². The SMILES string of the molecule is C=C=C(OC(=C=C)c1ccc([N+](=O)[O-])cc1)c1ccc([N+](=O)[O-])cc1. The van der Waals surface area contributed by atoms with Crippen molar-refractivity contribution in [3.63, 3.8) is 0 Å². The van der Waals surface area contributed by atoms with Crippen LogP contribution in [0.5, 0.6) is 0 Å². The fraction of sp³-hybridized carbons (Fsp3) is 0. The van der Waals surface area contributed by atoms with Gasteiger partial charge in [-0.1, -0.05) is 24.6 Å². The molecule has 0 heterocycles. The lowest BCUT2D eigenvalue weighted by molar-refractivity contribution is -0.385. The number of nitro benzene ring substituents is 2. The van der Waals surface area contributed by atoms with Crippen LogP contribution in [0.25, 0.3) is 11.5 Å². The van der Waals surface area contributed by atoms with Crippen molar-refractivity contribution < 1.29 is 14.6 Å². The van der Waals surface area contributed by atoms with E-state index < -0.39 is 9.85 Å². The second-order valence-corrected chi connectivity index (χ2v) is 4.72. The number of ether oxygens (including phenoxy) is 1. The molecule has 0 radical (unpaired) electrons. The summed E-state index contributed by atoms with van der Waals surface area (Å²) in [5.74, 6) is 0.443. The number of hydrogen-bond donors (Lipinski definition) is 0. The topological polar surface area (TPSA) is 95.5 Å². The van der Waals surface area contributed by atoms with E-state index >= 15 is 0 Å². The highest BCUT2D eigenvalue weighted by Gasteiger charge is 2.12. The van der Waals surface area contributed by atoms with Gasteiger partial charge in [0.2, 0.25) is 0 Å². The third kappa shape index (κ3) is 4.09. The highest BCUT2D eigenvalue weighted by molar-refractivity contribution is 5.69. The van der Waals surface area contributed by atoms with Crippen molar-refractivity contribution in [3.8, 4) is 0 Å². The second-order valence-electron chi connectivity index (χ2n) is 4.72. The molecule has 7 heteroatoms. The van der Waals surface area contributed by atoms with Gasteiger partial charge in [0, 0.05) is 35.4 Å². The Bertz CT molecular complexity index is 839. The average molecular weight is 336 g/mol. The first-order valence-electron chi connectivity index (χ1n) is 6.94. The highest BCUT2D eigenvalue weighted by Crippen LogP contribution is 2.26. The third-order valence-corrected chi connectivity index (χ3v) is 3.21. The van der Waals surface area contributed by atoms with E-state index in [1.807, 2.05) is 0 Å². The normalized spacial score (nSPS) is 9.44. The number of rotatable bonds is 6. The summed E-state index contributed by atoms with van der Waals surface area (Å²) in [4.78, 5) is 20.4. The predicted octanol–water partition coefficient (Wildman–Crippen LogP) is 4.47. The van der Waals surface area contributed by atoms with E-state index in [0.29, 0.717) is 11.1 Å². The zero-order valence-corrected chi connectivity index (χ0v) is 13.0. The molecule has 0 aliphatic rings. The van der Waals surface area contributed by atoms with E-state index in [9.17, 15) is 20.2 Å². The molecule has 2 aromatic carbocycles. The second kappa shape index (κ2) is 7.57. The molecule has 124 valence electrons. The molecule has 0 aromatic heterocycles. The number of benzene rings is 2. The van der Waals surface area contributed by atoms with E-state index in [0.717, 1.165) is 0 Å². The molecule has 0 spiro atoms. The van der Waals surface area contributed by atoms with Gasteiger partial charge in [-0.05, 0) is 24.3 Å². The lowest BCUT2D eigenvalue weighted by Gasteiger charge is -2.10. The summed E-state index contributed by atoms with van der Waals surface area (Å²) in [5, 5.41) is 21.4. The van der Waals surface area contributed by atoms with Crippen LogP contribution in [0.4, 0.5) is 11.4 Å². The predicted molar refractivity (Wildman–Crippen MR) is 92.4 cm³/mol. The Hall–Kier alpha value is -3.92. The molecular formula is C18H12N2O5. The number of hydrogen-bond acceptors (Lipinski definition) is 5. The van der Waals surface area contributed by atoms with Gasteiger partial charge in [0.25, 0.3) is 11.4 Å². The van der Waals surface area contributed by atoms with Crippen LogP contribution < -0.4 is 0 Å². The van der Waals surface area contributed by atoms with Crippen molar-refractivity contribution in [2.75, 3.05) is 0 Å². The standard InChI is InChI=1S/C18H12N2O5/c1-3-17(13-5-9-15(10-6-13)19(21)22)25-18(4-2)14-7-11-16(12-8-14)20(23)24/h5-12H,1-2H2. The molecule has 7 nitrogen and oxygen atoms in total. The zero-order valence-electron chi connectivity index (χ0n) is 13.0. The van der Waals surface area contributed by atoms with E-state index in [1.54, 1.807) is 0 Å². The van der Waals surface area contributed by atoms with Crippen LogP contribution in [0.3, 0.4) is 0 Å². The Morgan fingerprint density at radius 2 is 1.08 bits per heavy atom. The lowest BCUT2D eigenvalue weighted by Crippen LogP contribution is -1.94. The molecule has 0 amide bonds. The quantitative estimate of drug-likeness (QED) is 0.335. The molecular weight excluding hydrogens is 324 g/mol. The minimum Gasteiger partial charge on any atom is -0.440 e. The van der Waals surface area contributed by atoms with Crippen LogP contribution in [-0.2, 0) is 4.74 Å². The van der Waals surface area contributed by atoms with Crippen molar-refractivity contribution in [3.05, 3.63) is 105 Å². The molecule has 0 bridgehead atoms. The summed E-state index contributed by atoms with van der Waals surface area (Å²) in [6.07, 6.45) is 0. The Morgan fingerprint density at radius 3 is 1.32 bits per heavy atom. The van der Waals surface area contributed by atoms with Gasteiger partial charge in [-0.3, -0.25) is 20.2 Å². The van der Waals surface area contributed by atoms with Gasteiger partial charge in [0.1, 0.15) is 0 Å². The van der Waals surface area contributed by atoms with Crippen LogP contribution in [-0.4, -0.2) is 9.85 Å². The van der Waals surface area contributed by atoms with Crippen LogP contribution in [0.15, 0.2) is 73.2 Å². The molecule has 2 aromatic rings. The van der Waals surface area contributed by atoms with Crippen molar-refractivity contribution in [1.29, 1.82) is 0 Å². The lowest BCUT2D eigenvalue weighted by atomic mass is 10.1. The van der Waals surface area contributed by atoms with Gasteiger partial charge < -0.3 is 4.74 Å². The smallest absolute Gasteiger partial charge is 0.269 e. The van der Waals surface area contributed by atoms with Gasteiger partial charge in [-0.2, -0.15) is 0 Å². The van der Waals surface area contributed by atoms with Crippen LogP contribution in [0.1, 0.15) is 11.1 Å². The van der Waals surface area contributed by atoms with Crippen LogP contribution >= 0.6 is 0 Å². The average Bonchev–Trinajstić information content (AvgIpc) is 2.63. The van der Waals surface area contributed by atoms with Gasteiger partial charge in [-0.15, -0.1) is 0 Å². The van der Waals surface area contributed by atoms with Crippen molar-refractivity contribution in [2.24, 2.45) is 0 Å².